The highest BCUT2D eigenvalue weighted by atomic mass is 16.2. The Hall–Kier alpha value is -2.15. The smallest absolute Gasteiger partial charge is 0.147 e. The summed E-state index contributed by atoms with van der Waals surface area (Å²) in [4.78, 5) is 8.56. The van der Waals surface area contributed by atoms with E-state index in [4.69, 9.17) is 5.11 Å². The van der Waals surface area contributed by atoms with E-state index >= 15 is 0 Å². The average Bonchev–Trinajstić information content (AvgIpc) is 2.88. The quantitative estimate of drug-likeness (QED) is 0.624. The van der Waals surface area contributed by atoms with Gasteiger partial charge in [-0.15, -0.1) is 0 Å². The molecule has 20 heavy (non-hydrogen) atoms. The molecule has 0 aliphatic carbocycles. The molecule has 2 aromatic heterocycles. The number of aliphatic hydroxyl groups is 1. The zero-order valence-corrected chi connectivity index (χ0v) is 11.6. The summed E-state index contributed by atoms with van der Waals surface area (Å²) in [6, 6.07) is 0. The third-order valence-electron chi connectivity index (χ3n) is 2.76. The van der Waals surface area contributed by atoms with Crippen LogP contribution in [0, 0.1) is 0 Å². The molecule has 2 rings (SSSR count). The first-order valence-electron chi connectivity index (χ1n) is 6.66. The molecule has 0 fully saturated rings. The monoisotopic (exact) mass is 276 g/mol. The maximum absolute atomic E-state index is 8.71. The van der Waals surface area contributed by atoms with Crippen molar-refractivity contribution >= 4 is 11.6 Å². The number of unbranched alkanes of at least 4 members (excludes halogenated alkanes) is 1. The van der Waals surface area contributed by atoms with Gasteiger partial charge in [0.1, 0.15) is 11.6 Å². The van der Waals surface area contributed by atoms with E-state index in [9.17, 15) is 0 Å². The van der Waals surface area contributed by atoms with E-state index in [1.807, 2.05) is 19.4 Å². The second-order valence-electron chi connectivity index (χ2n) is 4.52. The number of aliphatic hydroxyl groups excluding tert-OH is 1. The van der Waals surface area contributed by atoms with E-state index < -0.39 is 0 Å². The molecule has 0 spiro atoms. The number of rotatable bonds is 8. The lowest BCUT2D eigenvalue weighted by Crippen LogP contribution is -2.07. The molecule has 108 valence electrons. The van der Waals surface area contributed by atoms with Gasteiger partial charge in [-0.2, -0.15) is 5.10 Å². The molecule has 0 radical (unpaired) electrons. The van der Waals surface area contributed by atoms with Crippen molar-refractivity contribution in [2.75, 3.05) is 23.8 Å². The third-order valence-corrected chi connectivity index (χ3v) is 2.76. The van der Waals surface area contributed by atoms with E-state index in [1.165, 1.54) is 0 Å². The first kappa shape index (κ1) is 14.3. The highest BCUT2D eigenvalue weighted by Gasteiger charge is 2.00. The first-order chi connectivity index (χ1) is 9.78. The summed E-state index contributed by atoms with van der Waals surface area (Å²) in [6.07, 6.45) is 8.85. The van der Waals surface area contributed by atoms with Gasteiger partial charge in [-0.3, -0.25) is 9.67 Å². The van der Waals surface area contributed by atoms with Crippen LogP contribution < -0.4 is 10.6 Å². The van der Waals surface area contributed by atoms with E-state index in [1.54, 1.807) is 17.1 Å². The van der Waals surface area contributed by atoms with Gasteiger partial charge >= 0.3 is 0 Å². The van der Waals surface area contributed by atoms with Crippen molar-refractivity contribution in [2.24, 2.45) is 7.05 Å². The summed E-state index contributed by atoms with van der Waals surface area (Å²) in [5, 5.41) is 19.2. The van der Waals surface area contributed by atoms with Crippen molar-refractivity contribution in [3.63, 3.8) is 0 Å². The van der Waals surface area contributed by atoms with Gasteiger partial charge in [0.25, 0.3) is 0 Å². The van der Waals surface area contributed by atoms with Gasteiger partial charge < -0.3 is 15.7 Å². The fourth-order valence-corrected chi connectivity index (χ4v) is 1.75. The maximum Gasteiger partial charge on any atom is 0.147 e. The van der Waals surface area contributed by atoms with Crippen LogP contribution in [-0.4, -0.2) is 38.0 Å². The molecule has 0 saturated heterocycles. The highest BCUT2D eigenvalue weighted by Crippen LogP contribution is 2.08. The van der Waals surface area contributed by atoms with Crippen LogP contribution in [0.15, 0.2) is 24.8 Å². The second-order valence-corrected chi connectivity index (χ2v) is 4.52. The number of nitrogens with one attached hydrogen (secondary N) is 2. The zero-order valence-electron chi connectivity index (χ0n) is 11.6. The van der Waals surface area contributed by atoms with Gasteiger partial charge in [0.2, 0.25) is 0 Å². The number of hydrogen-bond acceptors (Lipinski definition) is 6. The Labute approximate surface area is 118 Å². The molecule has 7 nitrogen and oxygen atoms in total. The molecule has 3 N–H and O–H groups in total. The van der Waals surface area contributed by atoms with E-state index in [0.29, 0.717) is 6.54 Å². The van der Waals surface area contributed by atoms with Crippen molar-refractivity contribution < 1.29 is 5.11 Å². The number of aromatic nitrogens is 4. The van der Waals surface area contributed by atoms with E-state index in [0.717, 1.165) is 36.6 Å². The van der Waals surface area contributed by atoms with Crippen LogP contribution in [0.5, 0.6) is 0 Å². The molecule has 0 bridgehead atoms. The van der Waals surface area contributed by atoms with Gasteiger partial charge in [-0.1, -0.05) is 0 Å². The van der Waals surface area contributed by atoms with Crippen molar-refractivity contribution in [1.82, 2.24) is 19.7 Å². The highest BCUT2D eigenvalue weighted by molar-refractivity contribution is 5.41. The largest absolute Gasteiger partial charge is 0.396 e. The van der Waals surface area contributed by atoms with Crippen LogP contribution in [0.2, 0.25) is 0 Å². The number of anilines is 2. The lowest BCUT2D eigenvalue weighted by molar-refractivity contribution is 0.286. The molecule has 0 amide bonds. The minimum atomic E-state index is 0.222. The van der Waals surface area contributed by atoms with Crippen LogP contribution in [0.1, 0.15) is 18.4 Å². The van der Waals surface area contributed by atoms with Crippen molar-refractivity contribution in [2.45, 2.75) is 19.4 Å². The maximum atomic E-state index is 8.71. The van der Waals surface area contributed by atoms with Crippen molar-refractivity contribution in [3.8, 4) is 0 Å². The molecule has 0 aromatic carbocycles. The summed E-state index contributed by atoms with van der Waals surface area (Å²) >= 11 is 0. The number of aryl methyl sites for hydroxylation is 1. The molecule has 0 aliphatic rings. The van der Waals surface area contributed by atoms with Crippen LogP contribution in [0.4, 0.5) is 11.6 Å². The second kappa shape index (κ2) is 7.44. The molecular formula is C13H20N6O. The van der Waals surface area contributed by atoms with Gasteiger partial charge in [-0.25, -0.2) is 4.98 Å². The number of nitrogens with zero attached hydrogens (tertiary/aromatic N) is 4. The Bertz CT molecular complexity index is 527. The molecule has 0 aliphatic heterocycles. The number of hydrogen-bond donors (Lipinski definition) is 3. The Balaban J connectivity index is 1.82. The minimum Gasteiger partial charge on any atom is -0.396 e. The SMILES string of the molecule is Cn1cc(CNc2cncc(NCCCCO)n2)cn1. The molecule has 2 heterocycles. The van der Waals surface area contributed by atoms with E-state index in [2.05, 4.69) is 25.7 Å². The van der Waals surface area contributed by atoms with Crippen molar-refractivity contribution in [3.05, 3.63) is 30.4 Å². The fraction of sp³-hybridized carbons (Fsp3) is 0.462. The normalized spacial score (nSPS) is 10.5. The minimum absolute atomic E-state index is 0.222. The van der Waals surface area contributed by atoms with Gasteiger partial charge in [0.05, 0.1) is 18.6 Å². The average molecular weight is 276 g/mol. The van der Waals surface area contributed by atoms with Crippen LogP contribution >= 0.6 is 0 Å². The summed E-state index contributed by atoms with van der Waals surface area (Å²) in [5.41, 5.74) is 1.09. The lowest BCUT2D eigenvalue weighted by Gasteiger charge is -2.07. The van der Waals surface area contributed by atoms with Crippen molar-refractivity contribution in [1.29, 1.82) is 0 Å². The van der Waals surface area contributed by atoms with Crippen LogP contribution in [0.25, 0.3) is 0 Å². The molecular weight excluding hydrogens is 256 g/mol. The van der Waals surface area contributed by atoms with E-state index in [-0.39, 0.29) is 6.61 Å². The third kappa shape index (κ3) is 4.51. The Morgan fingerprint density at radius 1 is 1.15 bits per heavy atom. The lowest BCUT2D eigenvalue weighted by atomic mass is 10.3. The summed E-state index contributed by atoms with van der Waals surface area (Å²) in [6.45, 7) is 1.66. The molecule has 0 saturated carbocycles. The van der Waals surface area contributed by atoms with Crippen LogP contribution in [0.3, 0.4) is 0 Å². The van der Waals surface area contributed by atoms with Gasteiger partial charge in [0.15, 0.2) is 0 Å². The summed E-state index contributed by atoms with van der Waals surface area (Å²) in [5.74, 6) is 1.46. The van der Waals surface area contributed by atoms with Crippen LogP contribution in [-0.2, 0) is 13.6 Å². The molecule has 0 atom stereocenters. The van der Waals surface area contributed by atoms with Gasteiger partial charge in [0, 0.05) is 38.5 Å². The van der Waals surface area contributed by atoms with Gasteiger partial charge in [-0.05, 0) is 12.8 Å². The standard InChI is InChI=1S/C13H20N6O/c1-19-10-11(7-17-19)6-16-13-9-14-8-12(18-13)15-4-2-3-5-20/h7-10,20H,2-6H2,1H3,(H2,15,16,18). The predicted octanol–water partition coefficient (Wildman–Crippen LogP) is 1.01. The summed E-state index contributed by atoms with van der Waals surface area (Å²) < 4.78 is 1.77. The molecule has 2 aromatic rings. The molecule has 7 heteroatoms. The topological polar surface area (TPSA) is 87.9 Å². The summed E-state index contributed by atoms with van der Waals surface area (Å²) in [7, 11) is 1.89. The predicted molar refractivity (Wildman–Crippen MR) is 77.4 cm³/mol. The zero-order chi connectivity index (χ0) is 14.2. The molecule has 0 unspecified atom stereocenters. The Kier molecular flexibility index (Phi) is 5.31. The Morgan fingerprint density at radius 2 is 1.95 bits per heavy atom. The Morgan fingerprint density at radius 3 is 2.65 bits per heavy atom. The first-order valence-corrected chi connectivity index (χ1v) is 6.66. The fourth-order valence-electron chi connectivity index (χ4n) is 1.75.